The Morgan fingerprint density at radius 1 is 1.00 bits per heavy atom. The summed E-state index contributed by atoms with van der Waals surface area (Å²) >= 11 is 1.08. The van der Waals surface area contributed by atoms with Crippen LogP contribution in [0.2, 0.25) is 0 Å². The third kappa shape index (κ3) is 4.31. The number of nitrogens with zero attached hydrogens (tertiary/aromatic N) is 2. The van der Waals surface area contributed by atoms with E-state index in [0.29, 0.717) is 21.2 Å². The largest absolute Gasteiger partial charge is 0.748 e. The topological polar surface area (TPSA) is 99.6 Å². The third-order valence-corrected chi connectivity index (χ3v) is 4.03. The van der Waals surface area contributed by atoms with Gasteiger partial charge in [0.05, 0.1) is 22.2 Å². The van der Waals surface area contributed by atoms with Crippen molar-refractivity contribution in [1.29, 1.82) is 10.5 Å². The minimum atomic E-state index is -0.429. The van der Waals surface area contributed by atoms with E-state index in [1.807, 2.05) is 54.6 Å². The van der Waals surface area contributed by atoms with Crippen molar-refractivity contribution in [3.05, 3.63) is 81.4 Å². The van der Waals surface area contributed by atoms with Crippen LogP contribution in [0.15, 0.2) is 75.8 Å². The van der Waals surface area contributed by atoms with Crippen molar-refractivity contribution >= 4 is 11.8 Å². The van der Waals surface area contributed by atoms with Crippen LogP contribution in [0.3, 0.4) is 0 Å². The predicted molar refractivity (Wildman–Crippen MR) is 88.1 cm³/mol. The van der Waals surface area contributed by atoms with Gasteiger partial charge in [0.2, 0.25) is 0 Å². The Morgan fingerprint density at radius 3 is 1.83 bits per heavy atom. The van der Waals surface area contributed by atoms with E-state index in [-0.39, 0.29) is 17.1 Å². The molecule has 122 valence electrons. The second-order valence-corrected chi connectivity index (χ2v) is 5.58. The van der Waals surface area contributed by atoms with Gasteiger partial charge in [-0.15, -0.1) is 5.92 Å². The first-order valence-electron chi connectivity index (χ1n) is 6.54. The van der Waals surface area contributed by atoms with Crippen molar-refractivity contribution in [3.63, 3.8) is 0 Å². The summed E-state index contributed by atoms with van der Waals surface area (Å²) in [7, 11) is 0. The van der Waals surface area contributed by atoms with Gasteiger partial charge in [-0.25, -0.2) is 12.1 Å². The number of rotatable bonds is 1. The van der Waals surface area contributed by atoms with Gasteiger partial charge in [-0.3, -0.25) is 0 Å². The summed E-state index contributed by atoms with van der Waals surface area (Å²) in [6, 6.07) is 21.6. The van der Waals surface area contributed by atoms with Gasteiger partial charge < -0.3 is 41.3 Å². The van der Waals surface area contributed by atoms with Gasteiger partial charge in [0.25, 0.3) is 0 Å². The Labute approximate surface area is 150 Å². The van der Waals surface area contributed by atoms with Crippen LogP contribution in [0, 0.1) is 22.7 Å². The van der Waals surface area contributed by atoms with Crippen molar-refractivity contribution < 1.29 is 17.1 Å². The first-order valence-corrected chi connectivity index (χ1v) is 7.36. The van der Waals surface area contributed by atoms with Crippen molar-refractivity contribution in [2.75, 3.05) is 0 Å². The van der Waals surface area contributed by atoms with Crippen LogP contribution in [0.5, 0.6) is 0 Å². The molecule has 0 saturated heterocycles. The number of nitriles is 2. The zero-order chi connectivity index (χ0) is 15.9. The average molecular weight is 362 g/mol. The molecule has 4 N–H and O–H groups in total. The molecule has 6 heteroatoms. The van der Waals surface area contributed by atoms with Crippen LogP contribution in [0.1, 0.15) is 11.5 Å². The zero-order valence-corrected chi connectivity index (χ0v) is 14.0. The van der Waals surface area contributed by atoms with Crippen LogP contribution in [-0.4, -0.2) is 0 Å². The molecule has 2 aromatic rings. The van der Waals surface area contributed by atoms with Crippen molar-refractivity contribution in [1.82, 2.24) is 0 Å². The summed E-state index contributed by atoms with van der Waals surface area (Å²) in [5.74, 6) is -0.429. The fourth-order valence-corrected chi connectivity index (χ4v) is 2.92. The average Bonchev–Trinajstić information content (AvgIpc) is 3.22. The van der Waals surface area contributed by atoms with E-state index in [1.165, 1.54) is 0 Å². The molecule has 0 bridgehead atoms. The fraction of sp³-hybridized carbons (Fsp3) is 0.0588. The van der Waals surface area contributed by atoms with Crippen molar-refractivity contribution in [2.45, 2.75) is 5.92 Å². The molecule has 1 heterocycles. The molecule has 4 nitrogen and oxygen atoms in total. The van der Waals surface area contributed by atoms with Gasteiger partial charge in [-0.05, 0) is 0 Å². The minimum absolute atomic E-state index is 0. The molecule has 0 saturated carbocycles. The Morgan fingerprint density at radius 2 is 1.48 bits per heavy atom. The maximum atomic E-state index is 9.16. The molecule has 0 spiro atoms. The number of allylic oxidation sites excluding steroid dienone is 2. The molecule has 3 rings (SSSR count). The predicted octanol–water partition coefficient (Wildman–Crippen LogP) is 3.03. The summed E-state index contributed by atoms with van der Waals surface area (Å²) in [6.07, 6.45) is 0. The molecule has 0 atom stereocenters. The van der Waals surface area contributed by atoms with Gasteiger partial charge >= 0.3 is 0 Å². The maximum absolute atomic E-state index is 9.16. The Bertz CT molecular complexity index is 705. The standard InChI is InChI=1S/C12H9N4S.C5H5.Fe/c13-5-8-10(7-3-1-2-4-7)9(6-14)12(16)17-11(8)15;1-2-4-5-3-1;/h1-4,10H,15-16H2;1-5H;/q-5;-1;. The zero-order valence-electron chi connectivity index (χ0n) is 12.1. The molecule has 1 aliphatic heterocycles. The number of hydrogen-bond acceptors (Lipinski definition) is 5. The van der Waals surface area contributed by atoms with Crippen LogP contribution in [0.25, 0.3) is 0 Å². The van der Waals surface area contributed by atoms with E-state index in [0.717, 1.165) is 17.3 Å². The summed E-state index contributed by atoms with van der Waals surface area (Å²) in [6.45, 7) is 0. The van der Waals surface area contributed by atoms with Gasteiger partial charge in [0.1, 0.15) is 0 Å². The van der Waals surface area contributed by atoms with Gasteiger partial charge in [-0.1, -0.05) is 11.8 Å². The summed E-state index contributed by atoms with van der Waals surface area (Å²) in [5, 5.41) is 19.1. The molecular formula is C17H14FeN4S-6. The van der Waals surface area contributed by atoms with E-state index in [9.17, 15) is 0 Å². The molecule has 0 amide bonds. The second-order valence-electron chi connectivity index (χ2n) is 4.50. The van der Waals surface area contributed by atoms with Gasteiger partial charge in [0, 0.05) is 28.2 Å². The van der Waals surface area contributed by atoms with E-state index < -0.39 is 5.92 Å². The quantitative estimate of drug-likeness (QED) is 0.600. The Hall–Kier alpha value is -2.37. The normalized spacial score (nSPS) is 14.2. The molecule has 0 radical (unpaired) electrons. The van der Waals surface area contributed by atoms with E-state index in [4.69, 9.17) is 22.0 Å². The van der Waals surface area contributed by atoms with E-state index in [1.54, 1.807) is 0 Å². The summed E-state index contributed by atoms with van der Waals surface area (Å²) in [4.78, 5) is 0. The molecule has 0 unspecified atom stereocenters. The third-order valence-electron chi connectivity index (χ3n) is 3.15. The maximum Gasteiger partial charge on any atom is 0.0953 e. The monoisotopic (exact) mass is 362 g/mol. The molecule has 0 fully saturated rings. The fourth-order valence-electron chi connectivity index (χ4n) is 2.13. The molecule has 2 aromatic carbocycles. The molecule has 0 aliphatic carbocycles. The van der Waals surface area contributed by atoms with E-state index in [2.05, 4.69) is 12.1 Å². The molecular weight excluding hydrogens is 348 g/mol. The van der Waals surface area contributed by atoms with Crippen LogP contribution in [-0.2, 0) is 17.1 Å². The van der Waals surface area contributed by atoms with Crippen molar-refractivity contribution in [2.24, 2.45) is 11.5 Å². The smallest absolute Gasteiger partial charge is 0.0953 e. The van der Waals surface area contributed by atoms with Gasteiger partial charge in [0.15, 0.2) is 0 Å². The SMILES string of the molecule is N#CC1=C(N)SC(N)=C(C#N)C1[c-]1[cH-][cH-][cH-][cH-]1.[Fe].c1cc[cH-]c1. The van der Waals surface area contributed by atoms with Crippen LogP contribution < -0.4 is 11.5 Å². The molecule has 1 aliphatic rings. The second kappa shape index (κ2) is 8.92. The summed E-state index contributed by atoms with van der Waals surface area (Å²) in [5.41, 5.74) is 13.2. The number of nitrogens with two attached hydrogens (primary N) is 2. The molecule has 0 aromatic heterocycles. The number of thioether (sulfide) groups is 1. The first kappa shape index (κ1) is 18.7. The van der Waals surface area contributed by atoms with Crippen LogP contribution >= 0.6 is 11.8 Å². The van der Waals surface area contributed by atoms with Gasteiger partial charge in [-0.2, -0.15) is 28.7 Å². The Kier molecular flexibility index (Phi) is 7.25. The Balaban J connectivity index is 0.000000377. The summed E-state index contributed by atoms with van der Waals surface area (Å²) < 4.78 is 0. The van der Waals surface area contributed by atoms with E-state index >= 15 is 0 Å². The van der Waals surface area contributed by atoms with Crippen molar-refractivity contribution in [3.8, 4) is 12.1 Å². The first-order chi connectivity index (χ1) is 10.7. The minimum Gasteiger partial charge on any atom is -0.748 e. The molecule has 23 heavy (non-hydrogen) atoms. The van der Waals surface area contributed by atoms with Crippen LogP contribution in [0.4, 0.5) is 0 Å². The number of hydrogen-bond donors (Lipinski definition) is 2.